The molecule has 0 bridgehead atoms. The van der Waals surface area contributed by atoms with Crippen LogP contribution in [0.1, 0.15) is 148 Å². The number of benzene rings is 9. The summed E-state index contributed by atoms with van der Waals surface area (Å²) in [6, 6.07) is 70.8. The number of anilines is 7. The number of carbonyl (C=O) groups is 4. The highest BCUT2D eigenvalue weighted by Crippen LogP contribution is 2.41. The molecule has 6 saturated heterocycles. The zero-order chi connectivity index (χ0) is 107. The number of alkyl carbamates (subject to hydrolysis) is 4. The number of halogens is 4. The topological polar surface area (TPSA) is 341 Å². The molecule has 30 nitrogen and oxygen atoms in total. The van der Waals surface area contributed by atoms with Crippen molar-refractivity contribution in [2.75, 3.05) is 101 Å². The maximum absolute atomic E-state index is 12.1. The monoisotopic (exact) mass is 2280 g/mol. The van der Waals surface area contributed by atoms with Gasteiger partial charge in [0.15, 0.2) is 0 Å². The molecule has 35 heteroatoms. The van der Waals surface area contributed by atoms with Gasteiger partial charge in [-0.2, -0.15) is 0 Å². The van der Waals surface area contributed by atoms with Crippen LogP contribution in [0.5, 0.6) is 0 Å². The van der Waals surface area contributed by atoms with Gasteiger partial charge in [0.05, 0.1) is 80.6 Å². The van der Waals surface area contributed by atoms with Gasteiger partial charge in [0.25, 0.3) is 0 Å². The minimum Gasteiger partial charge on any atom is -0.444 e. The Bertz CT molecular complexity index is 6990. The normalized spacial score (nSPS) is 15.9. The van der Waals surface area contributed by atoms with E-state index in [4.69, 9.17) is 45.6 Å². The van der Waals surface area contributed by atoms with Crippen molar-refractivity contribution in [3.05, 3.63) is 297 Å². The highest BCUT2D eigenvalue weighted by molar-refractivity contribution is 14.1. The molecule has 2 atom stereocenters. The summed E-state index contributed by atoms with van der Waals surface area (Å²) in [4.78, 5) is 94.4. The summed E-state index contributed by atoms with van der Waals surface area (Å²) in [5.41, 5.74) is 25.5. The summed E-state index contributed by atoms with van der Waals surface area (Å²) in [5.74, 6) is 0. The molecule has 6 aliphatic rings. The summed E-state index contributed by atoms with van der Waals surface area (Å²) in [7, 11) is -0.369. The summed E-state index contributed by atoms with van der Waals surface area (Å²) in [5, 5.41) is 19.5. The lowest BCUT2D eigenvalue weighted by atomic mass is 9.79. The van der Waals surface area contributed by atoms with Crippen LogP contribution in [0.25, 0.3) is 66.5 Å². The van der Waals surface area contributed by atoms with Gasteiger partial charge in [-0.1, -0.05) is 116 Å². The van der Waals surface area contributed by atoms with Crippen LogP contribution in [-0.2, 0) is 28.3 Å². The number of hydrogen-bond donors (Lipinski definition) is 7. The molecule has 0 spiro atoms. The third kappa shape index (κ3) is 31.1. The van der Waals surface area contributed by atoms with Gasteiger partial charge < -0.3 is 90.4 Å². The average Bonchev–Trinajstić information content (AvgIpc) is 1.42. The molecule has 0 saturated carbocycles. The van der Waals surface area contributed by atoms with Crippen molar-refractivity contribution in [2.45, 2.75) is 201 Å². The maximum Gasteiger partial charge on any atom is 0.494 e. The van der Waals surface area contributed by atoms with Crippen LogP contribution < -0.4 is 67.6 Å². The van der Waals surface area contributed by atoms with E-state index in [0.29, 0.717) is 5.02 Å². The van der Waals surface area contributed by atoms with Crippen molar-refractivity contribution in [2.24, 2.45) is 5.73 Å². The van der Waals surface area contributed by atoms with E-state index < -0.39 is 22.4 Å². The summed E-state index contributed by atoms with van der Waals surface area (Å²) in [6.45, 7) is 42.7. The maximum atomic E-state index is 12.1. The fourth-order valence-corrected chi connectivity index (χ4v) is 19.3. The smallest absolute Gasteiger partial charge is 0.444 e. The second kappa shape index (κ2) is 48.5. The molecule has 11 heterocycles. The highest BCUT2D eigenvalue weighted by atomic mass is 127. The highest BCUT2D eigenvalue weighted by Gasteiger charge is 2.52. The SMILES string of the molecule is Brc1cccc(I)c1.CC(C)(C)OC(=O)NC1CN(c2cccc(-c3cc(Cl)cc4nccnc34)c2)C1.CC(C)(C)OC(=O)NC1CN(c2cccc(B3OC(C)(C)C(C)(C)O3)c2)C1.CC(C)(C)OC(=O)NC1CN(c2cccc(Br)c2)C1.CC(Nc1cc(-c2cccc(N3CC(N)C3)c2)c2nccnc2c1)c1cccnc1.CC(Nc1cc(-c2cccc(N3CC(NC(=O)OC(C)(C)C)C3)c2)c2nccnc2c1)c1cccnc1. The van der Waals surface area contributed by atoms with Crippen molar-refractivity contribution in [3.8, 4) is 33.4 Å². The number of hydrogen-bond acceptors (Lipinski definition) is 26. The number of nitrogens with zero attached hydrogens (tertiary/aromatic N) is 13. The van der Waals surface area contributed by atoms with Gasteiger partial charge in [0.1, 0.15) is 22.4 Å². The minimum absolute atomic E-state index is 0.0618. The van der Waals surface area contributed by atoms with Crippen LogP contribution in [0, 0.1) is 3.57 Å². The van der Waals surface area contributed by atoms with E-state index in [1.807, 2.05) is 174 Å². The molecule has 14 aromatic rings. The fraction of sp³-hybridized carbons (Fsp3) is 0.357. The first-order valence-electron chi connectivity index (χ1n) is 50.3. The van der Waals surface area contributed by atoms with E-state index in [2.05, 4.69) is 320 Å². The van der Waals surface area contributed by atoms with E-state index in [1.54, 1.807) is 49.6 Å². The molecule has 9 aromatic carbocycles. The Morgan fingerprint density at radius 2 is 0.707 bits per heavy atom. The number of pyridine rings is 2. The number of fused-ring (bicyclic) bond motifs is 3. The number of nitrogens with one attached hydrogen (secondary N) is 6. The van der Waals surface area contributed by atoms with E-state index in [9.17, 15) is 19.2 Å². The fourth-order valence-electron chi connectivity index (χ4n) is 17.3. The Morgan fingerprint density at radius 1 is 0.393 bits per heavy atom. The standard InChI is InChI=1S/C29H32N6O2.C24H24N6.C22H23ClN4O2.C20H31BN2O4.C14H19BrN2O2.C6H4BrI/c1-19(21-8-6-10-30-16-21)33-22-14-25(27-26(15-22)31-11-12-32-27)20-7-5-9-24(13-20)35-17-23(18-35)34-28(36)37-29(2,3)4;1-16(18-5-3-7-26-13-18)29-20-11-22(24-23(12-20)27-8-9-28-24)17-4-2-6-21(10-17)30-14-19(25)15-30;1-22(2,3)29-21(28)26-16-12-27(13-16)17-6-4-5-14(9-17)18-10-15(23)11-19-20(18)25-8-7-24-19;1-18(2,3)25-17(24)22-15-12-23(13-15)16-10-8-9-14(11-16)21-26-19(4,5)20(6,7)27-21;1-14(2,3)19-13(18)16-11-8-17(9-11)12-6-4-5-10(15)7-12;7-5-2-1-3-6(8)4-5/h5-16,19,23,33H,17-18H2,1-4H3,(H,34,36);2-13,16,19,29H,14-15,25H2,1H3;4-11,16H,12-13H2,1-3H3,(H,26,28);8-11,15H,12-13H2,1-7H3,(H,22,24);4-7,11H,8-9H2,1-3H3,(H,16,18);1-4H. The van der Waals surface area contributed by atoms with E-state index >= 15 is 0 Å². The zero-order valence-corrected chi connectivity index (χ0v) is 94.2. The van der Waals surface area contributed by atoms with Gasteiger partial charge in [-0.25, -0.2) is 19.2 Å². The van der Waals surface area contributed by atoms with Gasteiger partial charge in [0.2, 0.25) is 0 Å². The summed E-state index contributed by atoms with van der Waals surface area (Å²) < 4.78 is 37.0. The molecule has 8 N–H and O–H groups in total. The van der Waals surface area contributed by atoms with Crippen molar-refractivity contribution in [1.29, 1.82) is 0 Å². The number of carbonyl (C=O) groups excluding carboxylic acids is 4. The van der Waals surface area contributed by atoms with Crippen LogP contribution in [0.4, 0.5) is 59.0 Å². The van der Waals surface area contributed by atoms with Gasteiger partial charge in [-0.3, -0.25) is 39.9 Å². The Hall–Kier alpha value is -13.1. The molecule has 20 rings (SSSR count). The predicted octanol–water partition coefficient (Wildman–Crippen LogP) is 23.2. The number of nitrogens with two attached hydrogens (primary N) is 1. The van der Waals surface area contributed by atoms with Crippen molar-refractivity contribution >= 4 is 176 Å². The van der Waals surface area contributed by atoms with Crippen LogP contribution in [-0.4, -0.2) is 201 Å². The average molecular weight is 2290 g/mol. The molecule has 6 aliphatic heterocycles. The first-order chi connectivity index (χ1) is 71.2. The summed E-state index contributed by atoms with van der Waals surface area (Å²) in [6.07, 6.45) is 16.2. The molecular weight excluding hydrogens is 2150 g/mol. The lowest BCUT2D eigenvalue weighted by Crippen LogP contribution is -2.60. The number of rotatable bonds is 19. The Labute approximate surface area is 914 Å². The number of aromatic nitrogens is 8. The lowest BCUT2D eigenvalue weighted by molar-refractivity contribution is 0.00578. The van der Waals surface area contributed by atoms with Crippen molar-refractivity contribution < 1.29 is 47.4 Å². The zero-order valence-electron chi connectivity index (χ0n) is 88.1. The van der Waals surface area contributed by atoms with E-state index in [0.717, 1.165) is 192 Å². The van der Waals surface area contributed by atoms with Gasteiger partial charge in [-0.05, 0) is 314 Å². The van der Waals surface area contributed by atoms with Crippen LogP contribution in [0.2, 0.25) is 5.02 Å². The Morgan fingerprint density at radius 3 is 1.03 bits per heavy atom. The second-order valence-electron chi connectivity index (χ2n) is 43.0. The van der Waals surface area contributed by atoms with E-state index in [-0.39, 0.29) is 85.0 Å². The van der Waals surface area contributed by atoms with Gasteiger partial charge in [0, 0.05) is 207 Å². The predicted molar refractivity (Wildman–Crippen MR) is 617 cm³/mol. The minimum atomic E-state index is -0.507. The number of amides is 4. The third-order valence-electron chi connectivity index (χ3n) is 25.4. The van der Waals surface area contributed by atoms with Crippen LogP contribution >= 0.6 is 66.1 Å². The molecular formula is C115H133BBr2ClIN20O10. The molecule has 0 aliphatic carbocycles. The molecule has 784 valence electrons. The first-order valence-corrected chi connectivity index (χ1v) is 53.4. The molecule has 6 fully saturated rings. The van der Waals surface area contributed by atoms with Crippen LogP contribution in [0.3, 0.4) is 0 Å². The molecule has 5 aromatic heterocycles. The molecule has 2 unspecified atom stereocenters. The van der Waals surface area contributed by atoms with Gasteiger partial charge in [-0.15, -0.1) is 0 Å². The van der Waals surface area contributed by atoms with Crippen LogP contribution in [0.15, 0.2) is 277 Å². The van der Waals surface area contributed by atoms with Crippen molar-refractivity contribution in [3.63, 3.8) is 0 Å². The molecule has 4 amide bonds. The molecule has 150 heavy (non-hydrogen) atoms. The van der Waals surface area contributed by atoms with Gasteiger partial charge >= 0.3 is 31.5 Å². The largest absolute Gasteiger partial charge is 0.494 e. The number of ether oxygens (including phenoxy) is 4. The lowest BCUT2D eigenvalue weighted by Gasteiger charge is -2.41. The first kappa shape index (κ1) is 111. The van der Waals surface area contributed by atoms with Crippen molar-refractivity contribution in [1.82, 2.24) is 61.1 Å². The second-order valence-corrected chi connectivity index (χ2v) is 46.5. The Balaban J connectivity index is 0.000000139. The summed E-state index contributed by atoms with van der Waals surface area (Å²) >= 11 is 15.4. The quantitative estimate of drug-likeness (QED) is 0.0225. The molecule has 0 radical (unpaired) electrons. The third-order valence-corrected chi connectivity index (χ3v) is 27.3. The Kier molecular flexibility index (Phi) is 35.9. The van der Waals surface area contributed by atoms with E-state index in [1.165, 1.54) is 9.26 Å².